The molecule has 3 nitrogen and oxygen atoms in total. The van der Waals surface area contributed by atoms with Crippen LogP contribution in [0.3, 0.4) is 0 Å². The Balaban J connectivity index is 1.75. The van der Waals surface area contributed by atoms with E-state index in [0.717, 1.165) is 29.5 Å². The molecule has 1 aliphatic rings. The van der Waals surface area contributed by atoms with Crippen LogP contribution in [0.5, 0.6) is 0 Å². The van der Waals surface area contributed by atoms with Gasteiger partial charge < -0.3 is 5.73 Å². The molecular weight excluding hydrogens is 430 g/mol. The van der Waals surface area contributed by atoms with Gasteiger partial charge in [0.15, 0.2) is 0 Å². The van der Waals surface area contributed by atoms with Crippen molar-refractivity contribution in [1.82, 2.24) is 4.98 Å². The van der Waals surface area contributed by atoms with Crippen molar-refractivity contribution < 1.29 is 17.6 Å². The molecule has 0 fully saturated rings. The monoisotopic (exact) mass is 447 g/mol. The number of halogens is 4. The van der Waals surface area contributed by atoms with Gasteiger partial charge in [0.25, 0.3) is 0 Å². The van der Waals surface area contributed by atoms with Crippen LogP contribution >= 0.6 is 0 Å². The first-order valence-electron chi connectivity index (χ1n) is 10.1. The number of pyridine rings is 1. The van der Waals surface area contributed by atoms with E-state index in [1.807, 2.05) is 42.5 Å². The Bertz CT molecular complexity index is 1380. The van der Waals surface area contributed by atoms with Gasteiger partial charge in [-0.05, 0) is 46.5 Å². The maximum Gasteiger partial charge on any atom is 0.416 e. The molecule has 33 heavy (non-hydrogen) atoms. The van der Waals surface area contributed by atoms with Gasteiger partial charge in [0.2, 0.25) is 0 Å². The fourth-order valence-corrected chi connectivity index (χ4v) is 4.32. The maximum atomic E-state index is 13.8. The molecule has 0 amide bonds. The van der Waals surface area contributed by atoms with Gasteiger partial charge in [-0.1, -0.05) is 54.6 Å². The highest BCUT2D eigenvalue weighted by atomic mass is 19.4. The van der Waals surface area contributed by atoms with Gasteiger partial charge >= 0.3 is 6.18 Å². The number of fused-ring (bicyclic) bond motifs is 1. The van der Waals surface area contributed by atoms with Gasteiger partial charge in [0.1, 0.15) is 17.2 Å². The quantitative estimate of drug-likeness (QED) is 0.397. The number of amidine groups is 1. The Labute approximate surface area is 187 Å². The molecule has 0 spiro atoms. The smallest absolute Gasteiger partial charge is 0.383 e. The Kier molecular flexibility index (Phi) is 4.78. The lowest BCUT2D eigenvalue weighted by molar-refractivity contribution is -0.137. The number of nitrogens with zero attached hydrogens (tertiary/aromatic N) is 2. The van der Waals surface area contributed by atoms with E-state index in [0.29, 0.717) is 28.1 Å². The highest BCUT2D eigenvalue weighted by molar-refractivity contribution is 6.03. The first-order valence-corrected chi connectivity index (χ1v) is 10.1. The molecule has 2 N–H and O–H groups in total. The van der Waals surface area contributed by atoms with Crippen LogP contribution in [0.15, 0.2) is 96.2 Å². The summed E-state index contributed by atoms with van der Waals surface area (Å²) in [5.41, 5.74) is 8.36. The summed E-state index contributed by atoms with van der Waals surface area (Å²) >= 11 is 0. The summed E-state index contributed by atoms with van der Waals surface area (Å²) in [5.74, 6) is -0.174. The van der Waals surface area contributed by atoms with Crippen molar-refractivity contribution >= 4 is 5.84 Å². The molecule has 164 valence electrons. The van der Waals surface area contributed by atoms with Gasteiger partial charge in [-0.15, -0.1) is 0 Å². The predicted octanol–water partition coefficient (Wildman–Crippen LogP) is 5.92. The SMILES string of the molecule is NC1=NC(c2ccc(C(F)(F)F)cc2)(c2cccc(-c3cncc(F)c3)c2)c2ccccc21. The van der Waals surface area contributed by atoms with Gasteiger partial charge in [-0.2, -0.15) is 13.2 Å². The van der Waals surface area contributed by atoms with Crippen LogP contribution in [0, 0.1) is 5.82 Å². The number of aromatic nitrogens is 1. The zero-order valence-corrected chi connectivity index (χ0v) is 17.1. The van der Waals surface area contributed by atoms with Gasteiger partial charge in [0, 0.05) is 17.3 Å². The van der Waals surface area contributed by atoms with Crippen molar-refractivity contribution in [3.05, 3.63) is 125 Å². The third-order valence-corrected chi connectivity index (χ3v) is 5.83. The molecular formula is C26H17F4N3. The lowest BCUT2D eigenvalue weighted by atomic mass is 9.77. The summed E-state index contributed by atoms with van der Waals surface area (Å²) in [5, 5.41) is 0. The molecule has 1 aromatic heterocycles. The maximum absolute atomic E-state index is 13.8. The molecule has 7 heteroatoms. The van der Waals surface area contributed by atoms with Crippen molar-refractivity contribution in [3.63, 3.8) is 0 Å². The van der Waals surface area contributed by atoms with Crippen molar-refractivity contribution in [2.24, 2.45) is 10.7 Å². The molecule has 0 aliphatic carbocycles. The molecule has 2 heterocycles. The normalized spacial score (nSPS) is 17.5. The van der Waals surface area contributed by atoms with Crippen LogP contribution in [0.2, 0.25) is 0 Å². The average molecular weight is 447 g/mol. The first-order chi connectivity index (χ1) is 15.8. The average Bonchev–Trinajstić information content (AvgIpc) is 3.12. The standard InChI is InChI=1S/C26H17F4N3/c27-21-13-17(14-32-15-21)16-4-3-5-20(12-16)25(18-8-10-19(11-9-18)26(28,29)30)23-7-2-1-6-22(23)24(31)33-25/h1-15H,(H2,31,33). The second kappa shape index (κ2) is 7.55. The highest BCUT2D eigenvalue weighted by Gasteiger charge is 2.43. The fourth-order valence-electron chi connectivity index (χ4n) is 4.32. The molecule has 0 radical (unpaired) electrons. The highest BCUT2D eigenvalue weighted by Crippen LogP contribution is 2.47. The first kappa shape index (κ1) is 20.9. The van der Waals surface area contributed by atoms with E-state index in [2.05, 4.69) is 4.98 Å². The number of aliphatic imine (C=N–C) groups is 1. The summed E-state index contributed by atoms with van der Waals surface area (Å²) < 4.78 is 53.4. The molecule has 5 rings (SSSR count). The minimum Gasteiger partial charge on any atom is -0.383 e. The van der Waals surface area contributed by atoms with Gasteiger partial charge in [-0.3, -0.25) is 4.98 Å². The Morgan fingerprint density at radius 3 is 2.24 bits per heavy atom. The summed E-state index contributed by atoms with van der Waals surface area (Å²) in [6, 6.07) is 21.0. The summed E-state index contributed by atoms with van der Waals surface area (Å²) in [6.45, 7) is 0. The Morgan fingerprint density at radius 1 is 0.758 bits per heavy atom. The zero-order valence-electron chi connectivity index (χ0n) is 17.1. The number of hydrogen-bond acceptors (Lipinski definition) is 3. The number of alkyl halides is 3. The van der Waals surface area contributed by atoms with Crippen molar-refractivity contribution in [2.75, 3.05) is 0 Å². The molecule has 0 bridgehead atoms. The van der Waals surface area contributed by atoms with E-state index in [1.165, 1.54) is 18.2 Å². The van der Waals surface area contributed by atoms with Crippen LogP contribution < -0.4 is 5.73 Å². The largest absolute Gasteiger partial charge is 0.416 e. The number of hydrogen-bond donors (Lipinski definition) is 1. The number of benzene rings is 3. The Morgan fingerprint density at radius 2 is 1.52 bits per heavy atom. The van der Waals surface area contributed by atoms with Crippen LogP contribution in [0.25, 0.3) is 11.1 Å². The van der Waals surface area contributed by atoms with Crippen molar-refractivity contribution in [1.29, 1.82) is 0 Å². The predicted molar refractivity (Wildman–Crippen MR) is 118 cm³/mol. The molecule has 4 aromatic rings. The van der Waals surface area contributed by atoms with Crippen LogP contribution in [-0.4, -0.2) is 10.8 Å². The third-order valence-electron chi connectivity index (χ3n) is 5.83. The van der Waals surface area contributed by atoms with E-state index in [-0.39, 0.29) is 0 Å². The van der Waals surface area contributed by atoms with Crippen LogP contribution in [-0.2, 0) is 11.7 Å². The van der Waals surface area contributed by atoms with Gasteiger partial charge in [-0.25, -0.2) is 9.38 Å². The summed E-state index contributed by atoms with van der Waals surface area (Å²) in [7, 11) is 0. The number of rotatable bonds is 3. The lowest BCUT2D eigenvalue weighted by Gasteiger charge is -2.30. The molecule has 0 saturated heterocycles. The second-order valence-corrected chi connectivity index (χ2v) is 7.80. The second-order valence-electron chi connectivity index (χ2n) is 7.80. The van der Waals surface area contributed by atoms with E-state index < -0.39 is 23.1 Å². The molecule has 1 unspecified atom stereocenters. The van der Waals surface area contributed by atoms with Crippen LogP contribution in [0.1, 0.15) is 27.8 Å². The summed E-state index contributed by atoms with van der Waals surface area (Å²) in [6.07, 6.45) is -1.78. The van der Waals surface area contributed by atoms with Crippen LogP contribution in [0.4, 0.5) is 17.6 Å². The van der Waals surface area contributed by atoms with E-state index in [4.69, 9.17) is 10.7 Å². The van der Waals surface area contributed by atoms with Gasteiger partial charge in [0.05, 0.1) is 11.8 Å². The fraction of sp³-hybridized carbons (Fsp3) is 0.0769. The Hall–Kier alpha value is -4.00. The topological polar surface area (TPSA) is 51.3 Å². The minimum absolute atomic E-state index is 0.295. The zero-order chi connectivity index (χ0) is 23.2. The van der Waals surface area contributed by atoms with Crippen molar-refractivity contribution in [3.8, 4) is 11.1 Å². The summed E-state index contributed by atoms with van der Waals surface area (Å²) in [4.78, 5) is 8.71. The van der Waals surface area contributed by atoms with E-state index in [9.17, 15) is 17.6 Å². The van der Waals surface area contributed by atoms with E-state index >= 15 is 0 Å². The third kappa shape index (κ3) is 3.46. The molecule has 1 atom stereocenters. The lowest BCUT2D eigenvalue weighted by Crippen LogP contribution is -2.25. The number of nitrogens with two attached hydrogens (primary N) is 1. The minimum atomic E-state index is -4.45. The van der Waals surface area contributed by atoms with Crippen molar-refractivity contribution in [2.45, 2.75) is 11.7 Å². The molecule has 1 aliphatic heterocycles. The molecule has 3 aromatic carbocycles. The molecule has 0 saturated carbocycles. The van der Waals surface area contributed by atoms with E-state index in [1.54, 1.807) is 12.3 Å².